The standard InChI is InChI=1S/C12H12N2O3/c1-7-9(11(15)16)10(14-12(17)13-7)8-5-3-2-4-6-8/h2-6,10H,1H3,(H,15,16)(H2,13,14,17)/t10-/m1/s1. The van der Waals surface area contributed by atoms with Crippen molar-refractivity contribution in [3.05, 3.63) is 47.2 Å². The van der Waals surface area contributed by atoms with Crippen molar-refractivity contribution >= 4 is 12.0 Å². The molecule has 2 amide bonds. The molecule has 0 saturated carbocycles. The highest BCUT2D eigenvalue weighted by Crippen LogP contribution is 2.26. The van der Waals surface area contributed by atoms with E-state index >= 15 is 0 Å². The van der Waals surface area contributed by atoms with Crippen molar-refractivity contribution < 1.29 is 14.7 Å². The lowest BCUT2D eigenvalue weighted by Crippen LogP contribution is -2.45. The van der Waals surface area contributed by atoms with Crippen molar-refractivity contribution in [2.75, 3.05) is 0 Å². The minimum absolute atomic E-state index is 0.163. The van der Waals surface area contributed by atoms with Gasteiger partial charge in [0.15, 0.2) is 0 Å². The number of nitrogens with one attached hydrogen (secondary N) is 2. The number of hydrogen-bond acceptors (Lipinski definition) is 2. The van der Waals surface area contributed by atoms with E-state index in [4.69, 9.17) is 0 Å². The Labute approximate surface area is 98.1 Å². The van der Waals surface area contributed by atoms with E-state index in [-0.39, 0.29) is 11.6 Å². The van der Waals surface area contributed by atoms with Gasteiger partial charge >= 0.3 is 12.0 Å². The smallest absolute Gasteiger partial charge is 0.335 e. The summed E-state index contributed by atoms with van der Waals surface area (Å²) in [6.07, 6.45) is 0. The second-order valence-electron chi connectivity index (χ2n) is 3.79. The summed E-state index contributed by atoms with van der Waals surface area (Å²) in [5, 5.41) is 14.2. The highest BCUT2D eigenvalue weighted by molar-refractivity contribution is 5.93. The zero-order valence-corrected chi connectivity index (χ0v) is 9.23. The maximum absolute atomic E-state index is 11.4. The van der Waals surface area contributed by atoms with Crippen molar-refractivity contribution in [3.63, 3.8) is 0 Å². The van der Waals surface area contributed by atoms with Gasteiger partial charge in [0.05, 0.1) is 11.6 Å². The van der Waals surface area contributed by atoms with Gasteiger partial charge in [0.2, 0.25) is 0 Å². The molecule has 1 atom stereocenters. The number of urea groups is 1. The lowest BCUT2D eigenvalue weighted by molar-refractivity contribution is -0.133. The largest absolute Gasteiger partial charge is 0.478 e. The van der Waals surface area contributed by atoms with Gasteiger partial charge in [0.1, 0.15) is 0 Å². The molecule has 17 heavy (non-hydrogen) atoms. The maximum Gasteiger partial charge on any atom is 0.335 e. The van der Waals surface area contributed by atoms with Gasteiger partial charge in [0, 0.05) is 5.70 Å². The van der Waals surface area contributed by atoms with Crippen LogP contribution in [0.1, 0.15) is 18.5 Å². The first kappa shape index (κ1) is 11.2. The third-order valence-corrected chi connectivity index (χ3v) is 2.63. The Kier molecular flexibility index (Phi) is 2.82. The molecule has 1 heterocycles. The van der Waals surface area contributed by atoms with E-state index in [0.717, 1.165) is 5.56 Å². The highest BCUT2D eigenvalue weighted by atomic mass is 16.4. The van der Waals surface area contributed by atoms with Gasteiger partial charge in [-0.15, -0.1) is 0 Å². The number of rotatable bonds is 2. The Morgan fingerprint density at radius 1 is 1.29 bits per heavy atom. The minimum atomic E-state index is -1.04. The fraction of sp³-hybridized carbons (Fsp3) is 0.167. The molecule has 3 N–H and O–H groups in total. The number of allylic oxidation sites excluding steroid dienone is 1. The Bertz CT molecular complexity index is 494. The second-order valence-corrected chi connectivity index (χ2v) is 3.79. The van der Waals surface area contributed by atoms with E-state index in [2.05, 4.69) is 10.6 Å². The van der Waals surface area contributed by atoms with Crippen molar-refractivity contribution in [1.82, 2.24) is 10.6 Å². The van der Waals surface area contributed by atoms with Crippen LogP contribution in [0.4, 0.5) is 4.79 Å². The molecular formula is C12H12N2O3. The normalized spacial score (nSPS) is 19.6. The third kappa shape index (κ3) is 2.13. The van der Waals surface area contributed by atoms with Crippen LogP contribution in [0.5, 0.6) is 0 Å². The van der Waals surface area contributed by atoms with E-state index in [1.165, 1.54) is 0 Å². The Balaban J connectivity index is 2.47. The van der Waals surface area contributed by atoms with Crippen LogP contribution in [-0.2, 0) is 4.79 Å². The second kappa shape index (κ2) is 4.29. The summed E-state index contributed by atoms with van der Waals surface area (Å²) < 4.78 is 0. The highest BCUT2D eigenvalue weighted by Gasteiger charge is 2.30. The molecule has 0 radical (unpaired) electrons. The number of hydrogen-bond donors (Lipinski definition) is 3. The van der Waals surface area contributed by atoms with Crippen molar-refractivity contribution in [2.45, 2.75) is 13.0 Å². The zero-order chi connectivity index (χ0) is 12.4. The molecule has 0 fully saturated rings. The van der Waals surface area contributed by atoms with Crippen molar-refractivity contribution in [2.24, 2.45) is 0 Å². The molecule has 1 aliphatic rings. The van der Waals surface area contributed by atoms with E-state index in [9.17, 15) is 14.7 Å². The van der Waals surface area contributed by atoms with Gasteiger partial charge in [-0.3, -0.25) is 0 Å². The SMILES string of the molecule is CC1=C(C(=O)O)[C@@H](c2ccccc2)NC(=O)N1. The van der Waals surface area contributed by atoms with Crippen LogP contribution in [0.2, 0.25) is 0 Å². The van der Waals surface area contributed by atoms with Gasteiger partial charge in [-0.05, 0) is 12.5 Å². The molecule has 0 spiro atoms. The van der Waals surface area contributed by atoms with E-state index in [0.29, 0.717) is 5.70 Å². The summed E-state index contributed by atoms with van der Waals surface area (Å²) >= 11 is 0. The molecule has 0 aliphatic carbocycles. The zero-order valence-electron chi connectivity index (χ0n) is 9.23. The molecule has 1 aliphatic heterocycles. The molecule has 0 unspecified atom stereocenters. The summed E-state index contributed by atoms with van der Waals surface area (Å²) in [7, 11) is 0. The summed E-state index contributed by atoms with van der Waals surface area (Å²) in [6.45, 7) is 1.58. The number of carboxylic acid groups (broad SMARTS) is 1. The lowest BCUT2D eigenvalue weighted by Gasteiger charge is -2.26. The molecule has 5 heteroatoms. The molecule has 2 rings (SSSR count). The minimum Gasteiger partial charge on any atom is -0.478 e. The van der Waals surface area contributed by atoms with Crippen LogP contribution in [-0.4, -0.2) is 17.1 Å². The van der Waals surface area contributed by atoms with Gasteiger partial charge in [0.25, 0.3) is 0 Å². The quantitative estimate of drug-likeness (QED) is 0.721. The molecule has 5 nitrogen and oxygen atoms in total. The molecule has 0 bridgehead atoms. The first-order chi connectivity index (χ1) is 8.09. The van der Waals surface area contributed by atoms with Gasteiger partial charge in [-0.25, -0.2) is 9.59 Å². The monoisotopic (exact) mass is 232 g/mol. The summed E-state index contributed by atoms with van der Waals surface area (Å²) in [6, 6.07) is 8.02. The Morgan fingerprint density at radius 3 is 2.53 bits per heavy atom. The molecular weight excluding hydrogens is 220 g/mol. The Hall–Kier alpha value is -2.30. The van der Waals surface area contributed by atoms with Crippen LogP contribution in [0.25, 0.3) is 0 Å². The molecule has 0 saturated heterocycles. The summed E-state index contributed by atoms with van der Waals surface area (Å²) in [5.74, 6) is -1.04. The first-order valence-corrected chi connectivity index (χ1v) is 5.16. The fourth-order valence-electron chi connectivity index (χ4n) is 1.87. The number of carbonyl (C=O) groups excluding carboxylic acids is 1. The van der Waals surface area contributed by atoms with Crippen LogP contribution in [0.15, 0.2) is 41.6 Å². The predicted octanol–water partition coefficient (Wildman–Crippen LogP) is 1.40. The van der Waals surface area contributed by atoms with Gasteiger partial charge < -0.3 is 15.7 Å². The number of benzene rings is 1. The van der Waals surface area contributed by atoms with Crippen LogP contribution in [0.3, 0.4) is 0 Å². The molecule has 0 aromatic heterocycles. The van der Waals surface area contributed by atoms with E-state index < -0.39 is 12.0 Å². The molecule has 1 aromatic carbocycles. The number of amides is 2. The average molecular weight is 232 g/mol. The van der Waals surface area contributed by atoms with E-state index in [1.807, 2.05) is 6.07 Å². The molecule has 88 valence electrons. The van der Waals surface area contributed by atoms with Crippen molar-refractivity contribution in [1.29, 1.82) is 0 Å². The lowest BCUT2D eigenvalue weighted by atomic mass is 9.96. The number of aliphatic carboxylic acids is 1. The topological polar surface area (TPSA) is 78.4 Å². The van der Waals surface area contributed by atoms with Gasteiger partial charge in [-0.2, -0.15) is 0 Å². The third-order valence-electron chi connectivity index (χ3n) is 2.63. The predicted molar refractivity (Wildman–Crippen MR) is 61.2 cm³/mol. The van der Waals surface area contributed by atoms with Gasteiger partial charge in [-0.1, -0.05) is 30.3 Å². The van der Waals surface area contributed by atoms with Crippen molar-refractivity contribution in [3.8, 4) is 0 Å². The van der Waals surface area contributed by atoms with Crippen LogP contribution < -0.4 is 10.6 Å². The summed E-state index contributed by atoms with van der Waals surface area (Å²) in [5.41, 5.74) is 1.28. The van der Waals surface area contributed by atoms with Crippen LogP contribution >= 0.6 is 0 Å². The Morgan fingerprint density at radius 2 is 1.94 bits per heavy atom. The van der Waals surface area contributed by atoms with E-state index in [1.54, 1.807) is 31.2 Å². The maximum atomic E-state index is 11.4. The van der Waals surface area contributed by atoms with Crippen LogP contribution in [0, 0.1) is 0 Å². The molecule has 1 aromatic rings. The summed E-state index contributed by atoms with van der Waals surface area (Å²) in [4.78, 5) is 22.6. The number of carboxylic acids is 1. The average Bonchev–Trinajstić information content (AvgIpc) is 2.28. The fourth-order valence-corrected chi connectivity index (χ4v) is 1.87. The number of carbonyl (C=O) groups is 2. The first-order valence-electron chi connectivity index (χ1n) is 5.16.